The van der Waals surface area contributed by atoms with Gasteiger partial charge in [0.15, 0.2) is 11.5 Å². The maximum absolute atomic E-state index is 10.8. The first-order chi connectivity index (χ1) is 12.1. The van der Waals surface area contributed by atoms with E-state index in [2.05, 4.69) is 6.07 Å². The molecule has 0 radical (unpaired) electrons. The van der Waals surface area contributed by atoms with Crippen LogP contribution in [0.25, 0.3) is 11.6 Å². The molecule has 0 atom stereocenters. The van der Waals surface area contributed by atoms with E-state index in [4.69, 9.17) is 14.2 Å². The highest BCUT2D eigenvalue weighted by Gasteiger charge is 2.18. The van der Waals surface area contributed by atoms with Crippen LogP contribution < -0.4 is 14.2 Å². The average Bonchev–Trinajstić information content (AvgIpc) is 3.07. The molecule has 0 amide bonds. The van der Waals surface area contributed by atoms with Gasteiger partial charge in [-0.05, 0) is 36.8 Å². The Bertz CT molecular complexity index is 882. The van der Waals surface area contributed by atoms with Gasteiger partial charge in [0.05, 0.1) is 23.2 Å². The second-order valence-corrected chi connectivity index (χ2v) is 5.15. The number of fused-ring (bicyclic) bond motifs is 1. The van der Waals surface area contributed by atoms with Crippen LogP contribution in [0.3, 0.4) is 0 Å². The minimum absolute atomic E-state index is 0.0286. The van der Waals surface area contributed by atoms with Gasteiger partial charge in [-0.15, -0.1) is 0 Å². The Balaban J connectivity index is 2.02. The normalized spacial score (nSPS) is 12.6. The van der Waals surface area contributed by atoms with Crippen molar-refractivity contribution in [1.29, 1.82) is 5.26 Å². The van der Waals surface area contributed by atoms with Crippen molar-refractivity contribution in [3.63, 3.8) is 0 Å². The zero-order chi connectivity index (χ0) is 17.8. The molecule has 126 valence electrons. The first kappa shape index (κ1) is 16.3. The fourth-order valence-electron chi connectivity index (χ4n) is 2.43. The smallest absolute Gasteiger partial charge is 0.269 e. The third kappa shape index (κ3) is 3.38. The van der Waals surface area contributed by atoms with Crippen molar-refractivity contribution in [2.45, 2.75) is 6.92 Å². The summed E-state index contributed by atoms with van der Waals surface area (Å²) in [6, 6.07) is 11.4. The number of hydrogen-bond acceptors (Lipinski definition) is 6. The molecule has 7 heteroatoms. The Morgan fingerprint density at radius 1 is 1.32 bits per heavy atom. The second-order valence-electron chi connectivity index (χ2n) is 5.15. The zero-order valence-corrected chi connectivity index (χ0v) is 13.4. The summed E-state index contributed by atoms with van der Waals surface area (Å²) in [5.41, 5.74) is 1.57. The van der Waals surface area contributed by atoms with Gasteiger partial charge in [0, 0.05) is 23.8 Å². The highest BCUT2D eigenvalue weighted by atomic mass is 16.7. The number of allylic oxidation sites excluding steroid dienone is 1. The van der Waals surface area contributed by atoms with Crippen LogP contribution in [0.2, 0.25) is 0 Å². The third-order valence-corrected chi connectivity index (χ3v) is 3.61. The van der Waals surface area contributed by atoms with Crippen molar-refractivity contribution in [2.24, 2.45) is 0 Å². The van der Waals surface area contributed by atoms with Crippen LogP contribution >= 0.6 is 0 Å². The number of rotatable bonds is 5. The summed E-state index contributed by atoms with van der Waals surface area (Å²) >= 11 is 0. The molecule has 1 aliphatic heterocycles. The number of nitro groups is 1. The molecule has 7 nitrogen and oxygen atoms in total. The quantitative estimate of drug-likeness (QED) is 0.356. The van der Waals surface area contributed by atoms with Crippen molar-refractivity contribution >= 4 is 17.3 Å². The lowest BCUT2D eigenvalue weighted by Gasteiger charge is -2.09. The van der Waals surface area contributed by atoms with Gasteiger partial charge in [0.2, 0.25) is 6.79 Å². The molecule has 0 saturated carbocycles. The first-order valence-electron chi connectivity index (χ1n) is 7.55. The Kier molecular flexibility index (Phi) is 4.53. The van der Waals surface area contributed by atoms with Crippen LogP contribution in [0.5, 0.6) is 17.2 Å². The maximum Gasteiger partial charge on any atom is 0.269 e. The molecule has 0 aliphatic carbocycles. The lowest BCUT2D eigenvalue weighted by atomic mass is 10.0. The Hall–Kier alpha value is -3.53. The topological polar surface area (TPSA) is 94.6 Å². The number of benzene rings is 2. The van der Waals surface area contributed by atoms with Gasteiger partial charge < -0.3 is 14.2 Å². The largest absolute Gasteiger partial charge is 0.493 e. The van der Waals surface area contributed by atoms with Gasteiger partial charge >= 0.3 is 0 Å². The number of non-ortho nitro benzene ring substituents is 1. The summed E-state index contributed by atoms with van der Waals surface area (Å²) in [6.07, 6.45) is 1.66. The van der Waals surface area contributed by atoms with Gasteiger partial charge in [-0.25, -0.2) is 0 Å². The average molecular weight is 338 g/mol. The van der Waals surface area contributed by atoms with Crippen molar-refractivity contribution in [3.8, 4) is 23.3 Å². The number of nitrogens with zero attached hydrogens (tertiary/aromatic N) is 2. The second kappa shape index (κ2) is 6.93. The van der Waals surface area contributed by atoms with Crippen molar-refractivity contribution in [1.82, 2.24) is 0 Å². The van der Waals surface area contributed by atoms with E-state index in [9.17, 15) is 15.4 Å². The third-order valence-electron chi connectivity index (χ3n) is 3.61. The molecule has 0 fully saturated rings. The van der Waals surface area contributed by atoms with E-state index in [1.165, 1.54) is 12.1 Å². The van der Waals surface area contributed by atoms with Gasteiger partial charge in [-0.1, -0.05) is 0 Å². The first-order valence-corrected chi connectivity index (χ1v) is 7.55. The van der Waals surface area contributed by atoms with E-state index in [0.717, 1.165) is 0 Å². The van der Waals surface area contributed by atoms with Crippen LogP contribution in [0.1, 0.15) is 18.1 Å². The fourth-order valence-corrected chi connectivity index (χ4v) is 2.43. The van der Waals surface area contributed by atoms with Crippen LogP contribution in [0.4, 0.5) is 5.69 Å². The van der Waals surface area contributed by atoms with Gasteiger partial charge in [0.1, 0.15) is 5.75 Å². The summed E-state index contributed by atoms with van der Waals surface area (Å²) in [4.78, 5) is 10.3. The Morgan fingerprint density at radius 2 is 2.00 bits per heavy atom. The molecule has 3 rings (SSSR count). The van der Waals surface area contributed by atoms with Crippen molar-refractivity contribution in [2.75, 3.05) is 13.4 Å². The summed E-state index contributed by atoms with van der Waals surface area (Å²) < 4.78 is 16.3. The molecule has 2 aromatic rings. The summed E-state index contributed by atoms with van der Waals surface area (Å²) in [5.74, 6) is 1.74. The molecule has 0 aromatic heterocycles. The number of ether oxygens (including phenoxy) is 3. The molecule has 0 bridgehead atoms. The van der Waals surface area contributed by atoms with Crippen LogP contribution in [0.15, 0.2) is 36.4 Å². The van der Waals surface area contributed by atoms with Crippen molar-refractivity contribution < 1.29 is 19.1 Å². The van der Waals surface area contributed by atoms with E-state index < -0.39 is 4.92 Å². The van der Waals surface area contributed by atoms with E-state index in [-0.39, 0.29) is 12.5 Å². The Morgan fingerprint density at radius 3 is 2.60 bits per heavy atom. The highest BCUT2D eigenvalue weighted by Crippen LogP contribution is 2.39. The lowest BCUT2D eigenvalue weighted by molar-refractivity contribution is -0.384. The van der Waals surface area contributed by atoms with Crippen LogP contribution in [-0.4, -0.2) is 18.3 Å². The molecular weight excluding hydrogens is 324 g/mol. The molecule has 1 heterocycles. The molecule has 0 spiro atoms. The van der Waals surface area contributed by atoms with Gasteiger partial charge in [-0.3, -0.25) is 10.1 Å². The summed E-state index contributed by atoms with van der Waals surface area (Å²) in [5, 5.41) is 20.2. The fraction of sp³-hybridized carbons (Fsp3) is 0.167. The molecule has 0 saturated heterocycles. The van der Waals surface area contributed by atoms with E-state index in [1.807, 2.05) is 6.92 Å². The van der Waals surface area contributed by atoms with Crippen LogP contribution in [-0.2, 0) is 0 Å². The Labute approximate surface area is 143 Å². The minimum Gasteiger partial charge on any atom is -0.493 e. The maximum atomic E-state index is 10.8. The van der Waals surface area contributed by atoms with Crippen LogP contribution in [0, 0.1) is 21.4 Å². The number of hydrogen-bond donors (Lipinski definition) is 0. The lowest BCUT2D eigenvalue weighted by Crippen LogP contribution is -1.95. The molecular formula is C18H14N2O5. The summed E-state index contributed by atoms with van der Waals surface area (Å²) in [6.45, 7) is 2.46. The van der Waals surface area contributed by atoms with Gasteiger partial charge in [-0.2, -0.15) is 5.26 Å². The van der Waals surface area contributed by atoms with E-state index in [0.29, 0.717) is 40.6 Å². The molecule has 0 unspecified atom stereocenters. The molecule has 0 N–H and O–H groups in total. The van der Waals surface area contributed by atoms with Gasteiger partial charge in [0.25, 0.3) is 5.69 Å². The van der Waals surface area contributed by atoms with Crippen molar-refractivity contribution in [3.05, 3.63) is 57.6 Å². The molecule has 1 aliphatic rings. The molecule has 2 aromatic carbocycles. The number of nitriles is 1. The number of nitro benzene ring substituents is 1. The minimum atomic E-state index is -0.482. The summed E-state index contributed by atoms with van der Waals surface area (Å²) in [7, 11) is 0. The SMILES string of the molecule is CCOc1cc2c(cc1/C=C(/C#N)c1ccc([N+](=O)[O-])cc1)OCO2. The van der Waals surface area contributed by atoms with E-state index >= 15 is 0 Å². The monoisotopic (exact) mass is 338 g/mol. The van der Waals surface area contributed by atoms with E-state index in [1.54, 1.807) is 30.3 Å². The predicted octanol–water partition coefficient (Wildman–Crippen LogP) is 3.79. The predicted molar refractivity (Wildman–Crippen MR) is 90.3 cm³/mol. The zero-order valence-electron chi connectivity index (χ0n) is 13.4. The molecule has 25 heavy (non-hydrogen) atoms. The highest BCUT2D eigenvalue weighted by molar-refractivity contribution is 5.91. The standard InChI is InChI=1S/C18H14N2O5/c1-2-23-16-9-18-17(24-11-25-18)8-13(16)7-14(10-19)12-3-5-15(6-4-12)20(21)22/h3-9H,2,11H2,1H3/b14-7-.